The van der Waals surface area contributed by atoms with Gasteiger partial charge in [-0.3, -0.25) is 4.79 Å². The maximum absolute atomic E-state index is 11.9. The van der Waals surface area contributed by atoms with E-state index in [-0.39, 0.29) is 5.56 Å². The molecule has 1 heterocycles. The van der Waals surface area contributed by atoms with Crippen molar-refractivity contribution < 1.29 is 9.90 Å². The van der Waals surface area contributed by atoms with Crippen LogP contribution in [0.3, 0.4) is 0 Å². The van der Waals surface area contributed by atoms with Gasteiger partial charge in [0.2, 0.25) is 0 Å². The van der Waals surface area contributed by atoms with Gasteiger partial charge in [-0.1, -0.05) is 30.3 Å². The van der Waals surface area contributed by atoms with Crippen molar-refractivity contribution in [2.75, 3.05) is 0 Å². The smallest absolute Gasteiger partial charge is 0.341 e. The van der Waals surface area contributed by atoms with Gasteiger partial charge in [-0.05, 0) is 31.2 Å². The third-order valence-corrected chi connectivity index (χ3v) is 3.94. The van der Waals surface area contributed by atoms with Crippen LogP contribution in [0.5, 0.6) is 0 Å². The van der Waals surface area contributed by atoms with E-state index in [9.17, 15) is 9.59 Å². The Morgan fingerprint density at radius 3 is 2.22 bits per heavy atom. The monoisotopic (exact) mass is 312 g/mol. The number of pyridine rings is 1. The van der Waals surface area contributed by atoms with Crippen molar-refractivity contribution in [1.29, 1.82) is 0 Å². The molecule has 0 saturated heterocycles. The Labute approximate surface area is 134 Å². The van der Waals surface area contributed by atoms with Gasteiger partial charge < -0.3 is 15.4 Å². The molecule has 1 aromatic heterocycles. The molecule has 0 unspecified atom stereocenters. The largest absolute Gasteiger partial charge is 0.477 e. The molecule has 23 heavy (non-hydrogen) atoms. The molecule has 5 heteroatoms. The van der Waals surface area contributed by atoms with E-state index in [0.29, 0.717) is 12.1 Å². The van der Waals surface area contributed by atoms with E-state index in [0.717, 1.165) is 24.1 Å². The number of rotatable bonds is 3. The fraction of sp³-hybridized carbons (Fsp3) is 0.333. The molecule has 0 spiro atoms. The molecule has 2 saturated carbocycles. The molecule has 3 N–H and O–H groups in total. The molecule has 0 amide bonds. The molecule has 0 bridgehead atoms. The first kappa shape index (κ1) is 15.5. The van der Waals surface area contributed by atoms with E-state index in [1.165, 1.54) is 25.1 Å². The lowest BCUT2D eigenvalue weighted by Crippen LogP contribution is -2.18. The number of hydrogen-bond acceptors (Lipinski definition) is 3. The summed E-state index contributed by atoms with van der Waals surface area (Å²) in [6, 6.07) is 11.9. The first-order chi connectivity index (χ1) is 11.1. The summed E-state index contributed by atoms with van der Waals surface area (Å²) in [7, 11) is 0. The van der Waals surface area contributed by atoms with Gasteiger partial charge in [0.05, 0.1) is 5.69 Å². The first-order valence-electron chi connectivity index (χ1n) is 7.86. The SMILES string of the molecule is NC1CC1.O=C(O)c1cn(C2CC2)c(-c2ccccc2)cc1=O. The molecule has 4 rings (SSSR count). The van der Waals surface area contributed by atoms with E-state index in [2.05, 4.69) is 0 Å². The minimum atomic E-state index is -1.17. The maximum Gasteiger partial charge on any atom is 0.341 e. The average molecular weight is 312 g/mol. The number of nitrogens with two attached hydrogens (primary N) is 1. The number of carboxylic acid groups (broad SMARTS) is 1. The highest BCUT2D eigenvalue weighted by molar-refractivity contribution is 5.87. The molecule has 0 radical (unpaired) electrons. The van der Waals surface area contributed by atoms with Crippen molar-refractivity contribution in [3.05, 3.63) is 58.4 Å². The summed E-state index contributed by atoms with van der Waals surface area (Å²) in [6.45, 7) is 0. The Bertz CT molecular complexity index is 760. The molecule has 5 nitrogen and oxygen atoms in total. The Morgan fingerprint density at radius 1 is 1.13 bits per heavy atom. The number of carboxylic acids is 1. The highest BCUT2D eigenvalue weighted by atomic mass is 16.4. The van der Waals surface area contributed by atoms with Crippen molar-refractivity contribution in [2.24, 2.45) is 5.73 Å². The third-order valence-electron chi connectivity index (χ3n) is 3.94. The molecular weight excluding hydrogens is 292 g/mol. The van der Waals surface area contributed by atoms with Crippen LogP contribution < -0.4 is 11.2 Å². The lowest BCUT2D eigenvalue weighted by Gasteiger charge is -2.13. The number of aromatic carboxylic acids is 1. The summed E-state index contributed by atoms with van der Waals surface area (Å²) in [5.41, 5.74) is 6.34. The second-order valence-electron chi connectivity index (χ2n) is 6.08. The highest BCUT2D eigenvalue weighted by Crippen LogP contribution is 2.38. The maximum atomic E-state index is 11.9. The Balaban J connectivity index is 0.000000341. The van der Waals surface area contributed by atoms with Gasteiger partial charge in [0.15, 0.2) is 5.43 Å². The van der Waals surface area contributed by atoms with E-state index >= 15 is 0 Å². The quantitative estimate of drug-likeness (QED) is 0.912. The molecule has 2 aromatic rings. The minimum Gasteiger partial charge on any atom is -0.477 e. The van der Waals surface area contributed by atoms with Gasteiger partial charge in [-0.15, -0.1) is 0 Å². The molecular formula is C18H20N2O3. The average Bonchev–Trinajstić information content (AvgIpc) is 3.44. The second kappa shape index (κ2) is 6.38. The van der Waals surface area contributed by atoms with Crippen molar-refractivity contribution in [2.45, 2.75) is 37.8 Å². The summed E-state index contributed by atoms with van der Waals surface area (Å²) in [4.78, 5) is 22.9. The first-order valence-corrected chi connectivity index (χ1v) is 7.86. The van der Waals surface area contributed by atoms with E-state index in [1.54, 1.807) is 0 Å². The van der Waals surface area contributed by atoms with Crippen LogP contribution >= 0.6 is 0 Å². The van der Waals surface area contributed by atoms with E-state index in [4.69, 9.17) is 10.8 Å². The van der Waals surface area contributed by atoms with Crippen LogP contribution in [-0.2, 0) is 0 Å². The number of hydrogen-bond donors (Lipinski definition) is 2. The molecule has 0 atom stereocenters. The van der Waals surface area contributed by atoms with Crippen LogP contribution in [0.1, 0.15) is 42.1 Å². The van der Waals surface area contributed by atoms with E-state index < -0.39 is 11.4 Å². The van der Waals surface area contributed by atoms with Gasteiger partial charge in [0.25, 0.3) is 0 Å². The summed E-state index contributed by atoms with van der Waals surface area (Å²) >= 11 is 0. The standard InChI is InChI=1S/C15H13NO3.C3H7N/c17-14-8-13(10-4-2-1-3-5-10)16(11-6-7-11)9-12(14)15(18)19;4-3-1-2-3/h1-5,8-9,11H,6-7H2,(H,18,19);3H,1-2,4H2. The van der Waals surface area contributed by atoms with Crippen LogP contribution in [0.15, 0.2) is 47.4 Å². The van der Waals surface area contributed by atoms with Crippen LogP contribution in [-0.4, -0.2) is 21.7 Å². The van der Waals surface area contributed by atoms with Gasteiger partial charge in [-0.2, -0.15) is 0 Å². The number of nitrogens with zero attached hydrogens (tertiary/aromatic N) is 1. The predicted octanol–water partition coefficient (Wildman–Crippen LogP) is 2.66. The second-order valence-corrected chi connectivity index (χ2v) is 6.08. The predicted molar refractivity (Wildman–Crippen MR) is 88.6 cm³/mol. The van der Waals surface area contributed by atoms with Crippen molar-refractivity contribution in [3.8, 4) is 11.3 Å². The summed E-state index contributed by atoms with van der Waals surface area (Å²) in [5.74, 6) is -1.17. The zero-order valence-corrected chi connectivity index (χ0v) is 12.8. The lowest BCUT2D eigenvalue weighted by atomic mass is 10.1. The molecule has 2 aliphatic carbocycles. The number of benzene rings is 1. The van der Waals surface area contributed by atoms with Crippen LogP contribution in [0.4, 0.5) is 0 Å². The number of aromatic nitrogens is 1. The van der Waals surface area contributed by atoms with Gasteiger partial charge in [0.1, 0.15) is 5.56 Å². The zero-order valence-electron chi connectivity index (χ0n) is 12.8. The van der Waals surface area contributed by atoms with E-state index in [1.807, 2.05) is 34.9 Å². The van der Waals surface area contributed by atoms with Gasteiger partial charge >= 0.3 is 5.97 Å². The molecule has 2 fully saturated rings. The lowest BCUT2D eigenvalue weighted by molar-refractivity contribution is 0.0694. The Morgan fingerprint density at radius 2 is 1.74 bits per heavy atom. The van der Waals surface area contributed by atoms with Crippen molar-refractivity contribution in [3.63, 3.8) is 0 Å². The fourth-order valence-corrected chi connectivity index (χ4v) is 2.30. The van der Waals surface area contributed by atoms with Crippen LogP contribution in [0.2, 0.25) is 0 Å². The third kappa shape index (κ3) is 3.87. The van der Waals surface area contributed by atoms with Gasteiger partial charge in [0, 0.05) is 24.3 Å². The van der Waals surface area contributed by atoms with Crippen molar-refractivity contribution >= 4 is 5.97 Å². The zero-order chi connectivity index (χ0) is 16.4. The molecule has 1 aromatic carbocycles. The Kier molecular flexibility index (Phi) is 4.30. The summed E-state index contributed by atoms with van der Waals surface area (Å²) < 4.78 is 1.92. The topological polar surface area (TPSA) is 85.3 Å². The normalized spacial score (nSPS) is 16.4. The van der Waals surface area contributed by atoms with Crippen molar-refractivity contribution in [1.82, 2.24) is 4.57 Å². The highest BCUT2D eigenvalue weighted by Gasteiger charge is 2.26. The summed E-state index contributed by atoms with van der Waals surface area (Å²) in [6.07, 6.45) is 6.06. The summed E-state index contributed by atoms with van der Waals surface area (Å²) in [5, 5.41) is 9.04. The number of carbonyl (C=O) groups is 1. The molecule has 2 aliphatic rings. The molecule has 120 valence electrons. The van der Waals surface area contributed by atoms with Gasteiger partial charge in [-0.25, -0.2) is 4.79 Å². The fourth-order valence-electron chi connectivity index (χ4n) is 2.30. The Hall–Kier alpha value is -2.40. The minimum absolute atomic E-state index is 0.161. The van der Waals surface area contributed by atoms with Crippen LogP contribution in [0, 0.1) is 0 Å². The van der Waals surface area contributed by atoms with Crippen LogP contribution in [0.25, 0.3) is 11.3 Å². The molecule has 0 aliphatic heterocycles.